The number of anilines is 3. The highest BCUT2D eigenvalue weighted by Crippen LogP contribution is 2.38. The Morgan fingerprint density at radius 1 is 1.05 bits per heavy atom. The number of para-hydroxylation sites is 1. The number of rotatable bonds is 8. The number of benzene rings is 2. The standard InChI is InChI=1S/C30H40ClN6O2P/c1-35-15-17-37(18-16-35)23-11-13-36(14-12-23)24-10-9-22(27(20-24)39-2)19-29-32-21-25(31)30(34-29)33-26-7-5-6-8-28(26)40(3,4)38/h5-10,20-21,23H,11-19H2,1-4H3,(H,32,33,34). The molecular formula is C30H40ClN6O2P. The summed E-state index contributed by atoms with van der Waals surface area (Å²) in [6.45, 7) is 10.3. The number of nitrogens with zero attached hydrogens (tertiary/aromatic N) is 5. The van der Waals surface area contributed by atoms with Crippen LogP contribution in [0.5, 0.6) is 5.75 Å². The molecule has 1 aromatic heterocycles. The molecule has 2 saturated heterocycles. The van der Waals surface area contributed by atoms with Gasteiger partial charge in [-0.25, -0.2) is 9.97 Å². The Bertz CT molecular complexity index is 1370. The number of hydrogen-bond acceptors (Lipinski definition) is 8. The maximum Gasteiger partial charge on any atom is 0.153 e. The maximum absolute atomic E-state index is 12.8. The first kappa shape index (κ1) is 28.9. The summed E-state index contributed by atoms with van der Waals surface area (Å²) >= 11 is 6.46. The predicted octanol–water partition coefficient (Wildman–Crippen LogP) is 4.94. The average molecular weight is 583 g/mol. The number of hydrogen-bond donors (Lipinski definition) is 1. The highest BCUT2D eigenvalue weighted by Gasteiger charge is 2.27. The molecule has 0 amide bonds. The average Bonchev–Trinajstić information content (AvgIpc) is 2.95. The van der Waals surface area contributed by atoms with Crippen LogP contribution in [0.2, 0.25) is 5.02 Å². The van der Waals surface area contributed by atoms with Crippen LogP contribution in [0.4, 0.5) is 17.2 Å². The van der Waals surface area contributed by atoms with Gasteiger partial charge in [0.05, 0.1) is 19.0 Å². The lowest BCUT2D eigenvalue weighted by molar-refractivity contribution is 0.0982. The Balaban J connectivity index is 1.27. The zero-order chi connectivity index (χ0) is 28.3. The fourth-order valence-corrected chi connectivity index (χ4v) is 6.97. The molecule has 3 heterocycles. The molecule has 40 heavy (non-hydrogen) atoms. The van der Waals surface area contributed by atoms with E-state index in [0.29, 0.717) is 29.1 Å². The minimum absolute atomic E-state index is 0.405. The van der Waals surface area contributed by atoms with Crippen molar-refractivity contribution >= 4 is 41.2 Å². The quantitative estimate of drug-likeness (QED) is 0.375. The van der Waals surface area contributed by atoms with Gasteiger partial charge in [-0.15, -0.1) is 0 Å². The Kier molecular flexibility index (Phi) is 9.01. The molecule has 0 bridgehead atoms. The van der Waals surface area contributed by atoms with Crippen LogP contribution in [-0.4, -0.2) is 92.6 Å². The van der Waals surface area contributed by atoms with E-state index >= 15 is 0 Å². The molecule has 0 aliphatic carbocycles. The molecule has 0 saturated carbocycles. The van der Waals surface area contributed by atoms with Gasteiger partial charge in [0.1, 0.15) is 23.7 Å². The molecule has 0 unspecified atom stereocenters. The first-order valence-corrected chi connectivity index (χ1v) is 17.0. The van der Waals surface area contributed by atoms with E-state index < -0.39 is 7.14 Å². The summed E-state index contributed by atoms with van der Waals surface area (Å²) in [7, 11) is 1.43. The Labute approximate surface area is 243 Å². The summed E-state index contributed by atoms with van der Waals surface area (Å²) in [6.07, 6.45) is 4.49. The Morgan fingerprint density at radius 3 is 2.48 bits per heavy atom. The normalized spacial score (nSPS) is 17.7. The fourth-order valence-electron chi connectivity index (χ4n) is 5.68. The van der Waals surface area contributed by atoms with Gasteiger partial charge >= 0.3 is 0 Å². The van der Waals surface area contributed by atoms with Gasteiger partial charge in [-0.05, 0) is 51.4 Å². The maximum atomic E-state index is 12.8. The van der Waals surface area contributed by atoms with Crippen molar-refractivity contribution in [3.63, 3.8) is 0 Å². The van der Waals surface area contributed by atoms with Crippen LogP contribution in [0.15, 0.2) is 48.7 Å². The highest BCUT2D eigenvalue weighted by atomic mass is 35.5. The molecule has 5 rings (SSSR count). The number of ether oxygens (including phenoxy) is 1. The van der Waals surface area contributed by atoms with Crippen molar-refractivity contribution < 1.29 is 9.30 Å². The van der Waals surface area contributed by atoms with Gasteiger partial charge in [-0.2, -0.15) is 0 Å². The third-order valence-electron chi connectivity index (χ3n) is 8.03. The molecular weight excluding hydrogens is 543 g/mol. The van der Waals surface area contributed by atoms with E-state index in [0.717, 1.165) is 35.4 Å². The number of piperidine rings is 1. The molecule has 2 aromatic carbocycles. The molecule has 3 aromatic rings. The number of halogens is 1. The summed E-state index contributed by atoms with van der Waals surface area (Å²) in [5, 5.41) is 4.45. The van der Waals surface area contributed by atoms with Crippen molar-refractivity contribution in [3.05, 3.63) is 65.1 Å². The molecule has 0 radical (unpaired) electrons. The van der Waals surface area contributed by atoms with Gasteiger partial charge in [0.25, 0.3) is 0 Å². The third kappa shape index (κ3) is 6.80. The molecule has 1 N–H and O–H groups in total. The van der Waals surface area contributed by atoms with E-state index in [1.54, 1.807) is 26.6 Å². The molecule has 0 atom stereocenters. The summed E-state index contributed by atoms with van der Waals surface area (Å²) in [6, 6.07) is 14.7. The van der Waals surface area contributed by atoms with Crippen molar-refractivity contribution in [2.75, 3.05) is 77.0 Å². The molecule has 10 heteroatoms. The van der Waals surface area contributed by atoms with E-state index in [1.807, 2.05) is 24.3 Å². The van der Waals surface area contributed by atoms with Gasteiger partial charge in [0.2, 0.25) is 0 Å². The van der Waals surface area contributed by atoms with Crippen LogP contribution in [0.25, 0.3) is 0 Å². The highest BCUT2D eigenvalue weighted by molar-refractivity contribution is 7.70. The lowest BCUT2D eigenvalue weighted by Crippen LogP contribution is -2.52. The van der Waals surface area contributed by atoms with Gasteiger partial charge < -0.3 is 24.4 Å². The van der Waals surface area contributed by atoms with E-state index in [4.69, 9.17) is 21.3 Å². The van der Waals surface area contributed by atoms with Crippen LogP contribution in [0.1, 0.15) is 24.2 Å². The van der Waals surface area contributed by atoms with Crippen LogP contribution in [0, 0.1) is 0 Å². The molecule has 2 aliphatic heterocycles. The fraction of sp³-hybridized carbons (Fsp3) is 0.467. The second-order valence-electron chi connectivity index (χ2n) is 11.2. The summed E-state index contributed by atoms with van der Waals surface area (Å²) in [5.41, 5.74) is 2.94. The Morgan fingerprint density at radius 2 is 1.77 bits per heavy atom. The van der Waals surface area contributed by atoms with Crippen molar-refractivity contribution in [1.29, 1.82) is 0 Å². The second kappa shape index (κ2) is 12.5. The zero-order valence-corrected chi connectivity index (χ0v) is 25.6. The lowest BCUT2D eigenvalue weighted by atomic mass is 10.0. The first-order valence-electron chi connectivity index (χ1n) is 14.0. The molecule has 2 fully saturated rings. The van der Waals surface area contributed by atoms with Gasteiger partial charge in [0.15, 0.2) is 5.82 Å². The van der Waals surface area contributed by atoms with Crippen LogP contribution in [0.3, 0.4) is 0 Å². The minimum Gasteiger partial charge on any atom is -0.496 e. The molecule has 0 spiro atoms. The van der Waals surface area contributed by atoms with Crippen molar-refractivity contribution in [3.8, 4) is 5.75 Å². The second-order valence-corrected chi connectivity index (χ2v) is 14.8. The SMILES string of the molecule is COc1cc(N2CCC(N3CCN(C)CC3)CC2)ccc1Cc1ncc(Cl)c(Nc2ccccc2P(C)(C)=O)n1. The molecule has 8 nitrogen and oxygen atoms in total. The molecule has 214 valence electrons. The number of methoxy groups -OCH3 is 1. The number of piperazine rings is 1. The van der Waals surface area contributed by atoms with E-state index in [1.165, 1.54) is 44.7 Å². The first-order chi connectivity index (χ1) is 19.2. The van der Waals surface area contributed by atoms with Crippen molar-refractivity contribution in [1.82, 2.24) is 19.8 Å². The smallest absolute Gasteiger partial charge is 0.153 e. The van der Waals surface area contributed by atoms with E-state index in [9.17, 15) is 4.57 Å². The minimum atomic E-state index is -2.49. The van der Waals surface area contributed by atoms with Gasteiger partial charge in [-0.1, -0.05) is 29.8 Å². The van der Waals surface area contributed by atoms with Crippen molar-refractivity contribution in [2.24, 2.45) is 0 Å². The van der Waals surface area contributed by atoms with Crippen LogP contribution >= 0.6 is 18.7 Å². The number of aromatic nitrogens is 2. The topological polar surface area (TPSA) is 73.8 Å². The summed E-state index contributed by atoms with van der Waals surface area (Å²) < 4.78 is 18.6. The van der Waals surface area contributed by atoms with E-state index in [2.05, 4.69) is 50.2 Å². The number of likely N-dealkylation sites (N-methyl/N-ethyl adjacent to an activating group) is 1. The van der Waals surface area contributed by atoms with Gasteiger partial charge in [-0.3, -0.25) is 4.90 Å². The van der Waals surface area contributed by atoms with Crippen LogP contribution in [-0.2, 0) is 11.0 Å². The van der Waals surface area contributed by atoms with Crippen LogP contribution < -0.4 is 20.3 Å². The zero-order valence-electron chi connectivity index (χ0n) is 23.9. The largest absolute Gasteiger partial charge is 0.496 e. The van der Waals surface area contributed by atoms with Gasteiger partial charge in [0, 0.05) is 74.4 Å². The monoisotopic (exact) mass is 582 g/mol. The number of nitrogens with one attached hydrogen (secondary N) is 1. The third-order valence-corrected chi connectivity index (χ3v) is 9.86. The predicted molar refractivity (Wildman–Crippen MR) is 166 cm³/mol. The summed E-state index contributed by atoms with van der Waals surface area (Å²) in [5.74, 6) is 1.95. The van der Waals surface area contributed by atoms with Crippen molar-refractivity contribution in [2.45, 2.75) is 25.3 Å². The lowest BCUT2D eigenvalue weighted by Gasteiger charge is -2.42. The summed E-state index contributed by atoms with van der Waals surface area (Å²) in [4.78, 5) is 16.8. The molecule has 2 aliphatic rings. The van der Waals surface area contributed by atoms with E-state index in [-0.39, 0.29) is 0 Å². The Hall–Kier alpha value is -2.64.